The van der Waals surface area contributed by atoms with Crippen LogP contribution in [0, 0.1) is 22.7 Å². The molecule has 0 amide bonds. The van der Waals surface area contributed by atoms with E-state index in [2.05, 4.69) is 12.1 Å². The first-order valence-corrected chi connectivity index (χ1v) is 4.70. The lowest BCUT2D eigenvalue weighted by Crippen LogP contribution is -2.32. The van der Waals surface area contributed by atoms with Crippen molar-refractivity contribution in [3.63, 3.8) is 0 Å². The summed E-state index contributed by atoms with van der Waals surface area (Å²) in [4.78, 5) is 11.3. The van der Waals surface area contributed by atoms with Gasteiger partial charge in [0.2, 0.25) is 0 Å². The van der Waals surface area contributed by atoms with Crippen LogP contribution in [0.5, 0.6) is 0 Å². The molecule has 0 radical (unpaired) electrons. The molecule has 2 heteroatoms. The number of ketones is 1. The second-order valence-corrected chi connectivity index (χ2v) is 3.84. The van der Waals surface area contributed by atoms with Gasteiger partial charge in [0.1, 0.15) is 11.2 Å². The molecule has 0 fully saturated rings. The van der Waals surface area contributed by atoms with Gasteiger partial charge in [0, 0.05) is 5.92 Å². The van der Waals surface area contributed by atoms with Crippen molar-refractivity contribution in [1.82, 2.24) is 0 Å². The fourth-order valence-corrected chi connectivity index (χ4v) is 1.72. The molecule has 0 saturated heterocycles. The van der Waals surface area contributed by atoms with E-state index >= 15 is 0 Å². The zero-order chi connectivity index (χ0) is 9.90. The van der Waals surface area contributed by atoms with Crippen molar-refractivity contribution < 1.29 is 4.79 Å². The van der Waals surface area contributed by atoms with Gasteiger partial charge in [-0.2, -0.15) is 5.26 Å². The zero-order valence-corrected chi connectivity index (χ0v) is 8.21. The second-order valence-electron chi connectivity index (χ2n) is 3.84. The first-order chi connectivity index (χ1) is 6.11. The lowest BCUT2D eigenvalue weighted by molar-refractivity contribution is -0.124. The summed E-state index contributed by atoms with van der Waals surface area (Å²) in [6, 6.07) is 2.15. The van der Waals surface area contributed by atoms with E-state index in [-0.39, 0.29) is 11.7 Å². The normalized spacial score (nSPS) is 26.1. The molecule has 0 aromatic rings. The predicted molar refractivity (Wildman–Crippen MR) is 50.9 cm³/mol. The van der Waals surface area contributed by atoms with E-state index in [1.165, 1.54) is 6.92 Å². The molecule has 2 unspecified atom stereocenters. The second kappa shape index (κ2) is 3.74. The highest BCUT2D eigenvalue weighted by Gasteiger charge is 2.37. The van der Waals surface area contributed by atoms with Crippen LogP contribution in [0.2, 0.25) is 0 Å². The maximum absolute atomic E-state index is 11.3. The fraction of sp³-hybridized carbons (Fsp3) is 0.636. The molecule has 2 atom stereocenters. The van der Waals surface area contributed by atoms with Crippen LogP contribution in [0.25, 0.3) is 0 Å². The van der Waals surface area contributed by atoms with Crippen LogP contribution in [0.1, 0.15) is 33.1 Å². The van der Waals surface area contributed by atoms with Gasteiger partial charge in [0.25, 0.3) is 0 Å². The van der Waals surface area contributed by atoms with Crippen molar-refractivity contribution in [2.24, 2.45) is 11.3 Å². The standard InChI is InChI=1S/C11H15NO/c1-9(13)11(2,8-12)10-6-4-3-5-7-10/h4,6,10H,3,5,7H2,1-2H3. The van der Waals surface area contributed by atoms with Gasteiger partial charge in [0.05, 0.1) is 6.07 Å². The molecule has 0 heterocycles. The Morgan fingerprint density at radius 3 is 2.77 bits per heavy atom. The Morgan fingerprint density at radius 2 is 2.38 bits per heavy atom. The Bertz CT molecular complexity index is 274. The molecule has 0 aromatic heterocycles. The van der Waals surface area contributed by atoms with E-state index < -0.39 is 5.41 Å². The Balaban J connectivity index is 2.89. The highest BCUT2D eigenvalue weighted by Crippen LogP contribution is 2.35. The highest BCUT2D eigenvalue weighted by atomic mass is 16.1. The van der Waals surface area contributed by atoms with Gasteiger partial charge in [0.15, 0.2) is 0 Å². The molecule has 0 saturated carbocycles. The number of rotatable bonds is 2. The number of nitriles is 1. The van der Waals surface area contributed by atoms with Crippen molar-refractivity contribution in [3.05, 3.63) is 12.2 Å². The van der Waals surface area contributed by atoms with Crippen LogP contribution >= 0.6 is 0 Å². The number of allylic oxidation sites excluding steroid dienone is 2. The van der Waals surface area contributed by atoms with Crippen molar-refractivity contribution >= 4 is 5.78 Å². The van der Waals surface area contributed by atoms with E-state index in [1.807, 2.05) is 6.08 Å². The van der Waals surface area contributed by atoms with Crippen LogP contribution < -0.4 is 0 Å². The van der Waals surface area contributed by atoms with Gasteiger partial charge in [-0.1, -0.05) is 12.2 Å². The summed E-state index contributed by atoms with van der Waals surface area (Å²) < 4.78 is 0. The number of carbonyl (C=O) groups excluding carboxylic acids is 1. The lowest BCUT2D eigenvalue weighted by atomic mass is 9.71. The average molecular weight is 177 g/mol. The summed E-state index contributed by atoms with van der Waals surface area (Å²) in [6.07, 6.45) is 7.22. The maximum Gasteiger partial charge on any atom is 0.150 e. The van der Waals surface area contributed by atoms with Gasteiger partial charge in [-0.05, 0) is 33.1 Å². The van der Waals surface area contributed by atoms with Gasteiger partial charge >= 0.3 is 0 Å². The third-order valence-electron chi connectivity index (χ3n) is 2.96. The summed E-state index contributed by atoms with van der Waals surface area (Å²) in [5.41, 5.74) is -0.809. The molecule has 0 aromatic carbocycles. The van der Waals surface area contributed by atoms with E-state index in [4.69, 9.17) is 5.26 Å². The first-order valence-electron chi connectivity index (χ1n) is 4.70. The topological polar surface area (TPSA) is 40.9 Å². The van der Waals surface area contributed by atoms with Crippen LogP contribution in [0.4, 0.5) is 0 Å². The molecule has 0 spiro atoms. The third-order valence-corrected chi connectivity index (χ3v) is 2.96. The summed E-state index contributed by atoms with van der Waals surface area (Å²) >= 11 is 0. The van der Waals surface area contributed by atoms with E-state index in [9.17, 15) is 4.79 Å². The van der Waals surface area contributed by atoms with E-state index in [1.54, 1.807) is 6.92 Å². The van der Waals surface area contributed by atoms with Gasteiger partial charge in [-0.15, -0.1) is 0 Å². The minimum atomic E-state index is -0.809. The summed E-state index contributed by atoms with van der Waals surface area (Å²) in [6.45, 7) is 3.25. The average Bonchev–Trinajstić information content (AvgIpc) is 2.17. The fourth-order valence-electron chi connectivity index (χ4n) is 1.72. The quantitative estimate of drug-likeness (QED) is 0.608. The SMILES string of the molecule is CC(=O)C(C)(C#N)C1C=CCCC1. The Labute approximate surface area is 79.2 Å². The number of hydrogen-bond donors (Lipinski definition) is 0. The summed E-state index contributed by atoms with van der Waals surface area (Å²) in [5.74, 6) is 0.0929. The number of nitrogens with zero attached hydrogens (tertiary/aromatic N) is 1. The van der Waals surface area contributed by atoms with Gasteiger partial charge in [-0.25, -0.2) is 0 Å². The van der Waals surface area contributed by atoms with Crippen LogP contribution in [-0.4, -0.2) is 5.78 Å². The molecule has 0 N–H and O–H groups in total. The Kier molecular flexibility index (Phi) is 2.87. The molecule has 0 aliphatic heterocycles. The smallest absolute Gasteiger partial charge is 0.150 e. The minimum absolute atomic E-state index is 0.0217. The lowest BCUT2D eigenvalue weighted by Gasteiger charge is -2.28. The van der Waals surface area contributed by atoms with Crippen LogP contribution in [-0.2, 0) is 4.79 Å². The number of carbonyl (C=O) groups is 1. The number of hydrogen-bond acceptors (Lipinski definition) is 2. The molecule has 1 aliphatic carbocycles. The highest BCUT2D eigenvalue weighted by molar-refractivity contribution is 5.85. The largest absolute Gasteiger partial charge is 0.298 e. The van der Waals surface area contributed by atoms with Crippen LogP contribution in [0.15, 0.2) is 12.2 Å². The van der Waals surface area contributed by atoms with E-state index in [0.717, 1.165) is 19.3 Å². The molecule has 70 valence electrons. The monoisotopic (exact) mass is 177 g/mol. The molecule has 1 rings (SSSR count). The summed E-state index contributed by atoms with van der Waals surface area (Å²) in [5, 5.41) is 9.00. The molecule has 13 heavy (non-hydrogen) atoms. The third kappa shape index (κ3) is 1.80. The Hall–Kier alpha value is -1.10. The molecular weight excluding hydrogens is 162 g/mol. The zero-order valence-electron chi connectivity index (χ0n) is 8.21. The first kappa shape index (κ1) is 9.98. The van der Waals surface area contributed by atoms with E-state index in [0.29, 0.717) is 0 Å². The Morgan fingerprint density at radius 1 is 1.69 bits per heavy atom. The van der Waals surface area contributed by atoms with Crippen molar-refractivity contribution in [3.8, 4) is 6.07 Å². The molecule has 0 bridgehead atoms. The molecule has 1 aliphatic rings. The molecule has 2 nitrogen and oxygen atoms in total. The van der Waals surface area contributed by atoms with Crippen molar-refractivity contribution in [1.29, 1.82) is 5.26 Å². The van der Waals surface area contributed by atoms with Crippen LogP contribution in [0.3, 0.4) is 0 Å². The predicted octanol–water partition coefficient (Wildman–Crippen LogP) is 2.46. The van der Waals surface area contributed by atoms with Crippen molar-refractivity contribution in [2.45, 2.75) is 33.1 Å². The number of Topliss-reactive ketones (excluding diaryl/α,β-unsaturated/α-hetero) is 1. The van der Waals surface area contributed by atoms with Gasteiger partial charge in [-0.3, -0.25) is 4.79 Å². The van der Waals surface area contributed by atoms with Crippen molar-refractivity contribution in [2.75, 3.05) is 0 Å². The molecular formula is C11H15NO. The summed E-state index contributed by atoms with van der Waals surface area (Å²) in [7, 11) is 0. The minimum Gasteiger partial charge on any atom is -0.298 e. The maximum atomic E-state index is 11.3. The van der Waals surface area contributed by atoms with Gasteiger partial charge < -0.3 is 0 Å².